The average molecular weight is 256 g/mol. The summed E-state index contributed by atoms with van der Waals surface area (Å²) in [5.41, 5.74) is 0.915. The Morgan fingerprint density at radius 1 is 0.947 bits per heavy atom. The highest BCUT2D eigenvalue weighted by molar-refractivity contribution is 6.20. The lowest BCUT2D eigenvalue weighted by atomic mass is 9.98. The molecule has 1 aromatic heterocycles. The average Bonchev–Trinajstić information content (AvgIpc) is 2.38. The van der Waals surface area contributed by atoms with E-state index in [4.69, 9.17) is 0 Å². The second-order valence-electron chi connectivity index (χ2n) is 4.02. The van der Waals surface area contributed by atoms with Gasteiger partial charge in [0, 0.05) is 5.39 Å². The monoisotopic (exact) mass is 256 g/mol. The summed E-state index contributed by atoms with van der Waals surface area (Å²) in [6.45, 7) is 0. The van der Waals surface area contributed by atoms with Crippen molar-refractivity contribution in [3.8, 4) is 0 Å². The quantitative estimate of drug-likeness (QED) is 0.703. The van der Waals surface area contributed by atoms with Crippen molar-refractivity contribution < 1.29 is 14.4 Å². The van der Waals surface area contributed by atoms with E-state index in [0.717, 1.165) is 0 Å². The largest absolute Gasteiger partial charge is 0.328 e. The van der Waals surface area contributed by atoms with Crippen molar-refractivity contribution in [3.05, 3.63) is 36.3 Å². The molecule has 0 atom stereocenters. The number of carbonyl (C=O) groups excluding carboxylic acids is 3. The van der Waals surface area contributed by atoms with Crippen molar-refractivity contribution in [2.75, 3.05) is 0 Å². The highest BCUT2D eigenvalue weighted by atomic mass is 16.2. The molecule has 19 heavy (non-hydrogen) atoms. The number of rotatable bonds is 1. The maximum Gasteiger partial charge on any atom is 0.328 e. The van der Waals surface area contributed by atoms with Crippen LogP contribution in [0, 0.1) is 0 Å². The topological polar surface area (TPSA) is 101 Å². The van der Waals surface area contributed by atoms with Crippen LogP contribution in [-0.4, -0.2) is 27.8 Å². The molecule has 2 heterocycles. The van der Waals surface area contributed by atoms with E-state index in [0.29, 0.717) is 10.9 Å². The second-order valence-corrected chi connectivity index (χ2v) is 4.02. The van der Waals surface area contributed by atoms with Crippen LogP contribution in [0.25, 0.3) is 10.9 Å². The van der Waals surface area contributed by atoms with Gasteiger partial charge >= 0.3 is 6.03 Å². The van der Waals surface area contributed by atoms with Crippen molar-refractivity contribution in [1.82, 2.24) is 20.6 Å². The minimum atomic E-state index is -1.15. The molecule has 7 nitrogen and oxygen atoms in total. The first-order valence-electron chi connectivity index (χ1n) is 5.52. The van der Waals surface area contributed by atoms with Crippen LogP contribution in [0.1, 0.15) is 11.6 Å². The lowest BCUT2D eigenvalue weighted by Crippen LogP contribution is -2.54. The fourth-order valence-electron chi connectivity index (χ4n) is 2.02. The van der Waals surface area contributed by atoms with Crippen LogP contribution < -0.4 is 10.6 Å². The fraction of sp³-hybridized carbons (Fsp3) is 0.0833. The van der Waals surface area contributed by atoms with Crippen LogP contribution in [0.4, 0.5) is 4.79 Å². The first-order valence-corrected chi connectivity index (χ1v) is 5.52. The number of hydrogen-bond acceptors (Lipinski definition) is 5. The first kappa shape index (κ1) is 11.3. The Morgan fingerprint density at radius 3 is 2.37 bits per heavy atom. The van der Waals surface area contributed by atoms with Crippen LogP contribution in [0.3, 0.4) is 0 Å². The zero-order chi connectivity index (χ0) is 13.4. The lowest BCUT2D eigenvalue weighted by Gasteiger charge is -2.20. The van der Waals surface area contributed by atoms with E-state index in [1.54, 1.807) is 24.3 Å². The van der Waals surface area contributed by atoms with E-state index in [2.05, 4.69) is 20.6 Å². The minimum Gasteiger partial charge on any atom is -0.277 e. The summed E-state index contributed by atoms with van der Waals surface area (Å²) in [7, 11) is 0. The van der Waals surface area contributed by atoms with Crippen molar-refractivity contribution in [2.24, 2.45) is 0 Å². The third kappa shape index (κ3) is 1.81. The van der Waals surface area contributed by atoms with Crippen molar-refractivity contribution in [3.63, 3.8) is 0 Å². The van der Waals surface area contributed by atoms with Crippen molar-refractivity contribution in [2.45, 2.75) is 5.92 Å². The highest BCUT2D eigenvalue weighted by Crippen LogP contribution is 2.23. The maximum atomic E-state index is 11.8. The molecule has 1 saturated heterocycles. The van der Waals surface area contributed by atoms with Gasteiger partial charge in [-0.25, -0.2) is 14.8 Å². The van der Waals surface area contributed by atoms with Crippen LogP contribution >= 0.6 is 0 Å². The number of carbonyl (C=O) groups is 3. The SMILES string of the molecule is O=C1NC(=O)C(c2ncnc3ccccc23)C(=O)N1. The van der Waals surface area contributed by atoms with Gasteiger partial charge < -0.3 is 0 Å². The third-order valence-corrected chi connectivity index (χ3v) is 2.84. The van der Waals surface area contributed by atoms with E-state index in [1.807, 2.05) is 0 Å². The summed E-state index contributed by atoms with van der Waals surface area (Å²) < 4.78 is 0. The Bertz CT molecular complexity index is 688. The molecule has 1 fully saturated rings. The number of aromatic nitrogens is 2. The number of fused-ring (bicyclic) bond motifs is 1. The smallest absolute Gasteiger partial charge is 0.277 e. The Balaban J connectivity index is 2.16. The molecule has 2 N–H and O–H groups in total. The summed E-state index contributed by atoms with van der Waals surface area (Å²) in [5, 5.41) is 4.71. The van der Waals surface area contributed by atoms with Gasteiger partial charge in [-0.15, -0.1) is 0 Å². The molecule has 0 aliphatic carbocycles. The highest BCUT2D eigenvalue weighted by Gasteiger charge is 2.37. The Kier molecular flexibility index (Phi) is 2.45. The molecule has 7 heteroatoms. The molecule has 1 aliphatic rings. The van der Waals surface area contributed by atoms with Crippen molar-refractivity contribution >= 4 is 28.7 Å². The van der Waals surface area contributed by atoms with E-state index < -0.39 is 23.8 Å². The summed E-state index contributed by atoms with van der Waals surface area (Å²) in [4.78, 5) is 42.7. The van der Waals surface area contributed by atoms with Crippen LogP contribution in [-0.2, 0) is 9.59 Å². The number of benzene rings is 1. The molecule has 4 amide bonds. The predicted molar refractivity (Wildman–Crippen MR) is 64.0 cm³/mol. The minimum absolute atomic E-state index is 0.285. The summed E-state index contributed by atoms with van der Waals surface area (Å²) in [6.07, 6.45) is 1.29. The molecule has 2 aromatic rings. The molecule has 0 saturated carbocycles. The molecule has 1 aromatic carbocycles. The molecule has 3 rings (SSSR count). The Morgan fingerprint density at radius 2 is 1.63 bits per heavy atom. The number of nitrogens with zero attached hydrogens (tertiary/aromatic N) is 2. The molecule has 0 unspecified atom stereocenters. The van der Waals surface area contributed by atoms with E-state index >= 15 is 0 Å². The van der Waals surface area contributed by atoms with Gasteiger partial charge in [-0.3, -0.25) is 20.2 Å². The van der Waals surface area contributed by atoms with Crippen LogP contribution in [0.2, 0.25) is 0 Å². The first-order chi connectivity index (χ1) is 9.16. The molecule has 1 aliphatic heterocycles. The molecule has 0 bridgehead atoms. The number of hydrogen-bond donors (Lipinski definition) is 2. The summed E-state index contributed by atoms with van der Waals surface area (Å²) in [5.74, 6) is -2.51. The molecule has 94 valence electrons. The van der Waals surface area contributed by atoms with Crippen LogP contribution in [0.15, 0.2) is 30.6 Å². The Hall–Kier alpha value is -2.83. The summed E-state index contributed by atoms with van der Waals surface area (Å²) in [6, 6.07) is 6.22. The number of urea groups is 1. The predicted octanol–water partition coefficient (Wildman–Crippen LogP) is 0.0794. The van der Waals surface area contributed by atoms with Crippen molar-refractivity contribution in [1.29, 1.82) is 0 Å². The van der Waals surface area contributed by atoms with E-state index in [-0.39, 0.29) is 5.69 Å². The molecule has 0 spiro atoms. The van der Waals surface area contributed by atoms with Gasteiger partial charge in [0.15, 0.2) is 5.92 Å². The molecular weight excluding hydrogens is 248 g/mol. The molecular formula is C12H8N4O3. The van der Waals surface area contributed by atoms with Gasteiger partial charge in [-0.2, -0.15) is 0 Å². The van der Waals surface area contributed by atoms with E-state index in [1.165, 1.54) is 6.33 Å². The second kappa shape index (κ2) is 4.13. The lowest BCUT2D eigenvalue weighted by molar-refractivity contribution is -0.132. The molecule has 0 radical (unpaired) electrons. The Labute approximate surface area is 107 Å². The normalized spacial score (nSPS) is 16.3. The van der Waals surface area contributed by atoms with Gasteiger partial charge in [-0.05, 0) is 6.07 Å². The maximum absolute atomic E-state index is 11.8. The van der Waals surface area contributed by atoms with Gasteiger partial charge in [0.2, 0.25) is 11.8 Å². The van der Waals surface area contributed by atoms with Gasteiger partial charge in [-0.1, -0.05) is 18.2 Å². The number of nitrogens with one attached hydrogen (secondary N) is 2. The number of amides is 4. The fourth-order valence-corrected chi connectivity index (χ4v) is 2.02. The zero-order valence-electron chi connectivity index (χ0n) is 9.58. The summed E-state index contributed by atoms with van der Waals surface area (Å²) >= 11 is 0. The number of para-hydroxylation sites is 1. The van der Waals surface area contributed by atoms with Gasteiger partial charge in [0.25, 0.3) is 0 Å². The number of barbiturate groups is 1. The third-order valence-electron chi connectivity index (χ3n) is 2.84. The van der Waals surface area contributed by atoms with Crippen LogP contribution in [0.5, 0.6) is 0 Å². The van der Waals surface area contributed by atoms with E-state index in [9.17, 15) is 14.4 Å². The van der Waals surface area contributed by atoms with Gasteiger partial charge in [0.1, 0.15) is 6.33 Å². The number of imide groups is 2. The van der Waals surface area contributed by atoms with Gasteiger partial charge in [0.05, 0.1) is 11.2 Å². The standard InChI is InChI=1S/C12H8N4O3/c17-10-8(11(18)16-12(19)15-10)9-6-3-1-2-4-7(6)13-5-14-9/h1-5,8H,(H2,15,16,17,18,19). The zero-order valence-corrected chi connectivity index (χ0v) is 9.58.